The molecule has 0 saturated carbocycles. The molecule has 1 saturated heterocycles. The van der Waals surface area contributed by atoms with Gasteiger partial charge in [-0.05, 0) is 45.2 Å². The van der Waals surface area contributed by atoms with Gasteiger partial charge in [0.25, 0.3) is 0 Å². The molecule has 0 radical (unpaired) electrons. The number of rotatable bonds is 3. The molecule has 0 amide bonds. The van der Waals surface area contributed by atoms with E-state index in [1.165, 1.54) is 24.8 Å². The standard InChI is InChI=1S/C15H20N4.C7H8/c1-2-16-14-12-8-4-5-9-13(12)17-15(18-14)19-10-6-3-7-11-19;1-7-5-3-2-4-6-7/h4-5,8-9H,2-3,6-7,10-11H2,1H3,(H,16,17,18);2-6H,1H3. The average molecular weight is 348 g/mol. The van der Waals surface area contributed by atoms with Gasteiger partial charge in [0.05, 0.1) is 5.52 Å². The van der Waals surface area contributed by atoms with Crippen LogP contribution in [0, 0.1) is 6.92 Å². The predicted octanol–water partition coefficient (Wildman–Crippen LogP) is 5.05. The van der Waals surface area contributed by atoms with Gasteiger partial charge in [-0.3, -0.25) is 0 Å². The Kier molecular flexibility index (Phi) is 6.42. The largest absolute Gasteiger partial charge is 0.370 e. The van der Waals surface area contributed by atoms with Crippen molar-refractivity contribution in [1.29, 1.82) is 0 Å². The maximum atomic E-state index is 4.72. The fourth-order valence-corrected chi connectivity index (χ4v) is 3.14. The van der Waals surface area contributed by atoms with Gasteiger partial charge in [0.1, 0.15) is 5.82 Å². The number of benzene rings is 2. The Morgan fingerprint density at radius 3 is 2.23 bits per heavy atom. The number of hydrogen-bond donors (Lipinski definition) is 1. The van der Waals surface area contributed by atoms with Crippen molar-refractivity contribution in [2.75, 3.05) is 29.9 Å². The molecule has 0 bridgehead atoms. The van der Waals surface area contributed by atoms with E-state index >= 15 is 0 Å². The molecule has 0 aliphatic carbocycles. The van der Waals surface area contributed by atoms with Gasteiger partial charge in [0.2, 0.25) is 5.95 Å². The maximum absolute atomic E-state index is 4.72. The van der Waals surface area contributed by atoms with E-state index < -0.39 is 0 Å². The van der Waals surface area contributed by atoms with Gasteiger partial charge >= 0.3 is 0 Å². The van der Waals surface area contributed by atoms with Crippen molar-refractivity contribution in [2.24, 2.45) is 0 Å². The zero-order chi connectivity index (χ0) is 18.2. The van der Waals surface area contributed by atoms with Crippen LogP contribution in [0.5, 0.6) is 0 Å². The van der Waals surface area contributed by atoms with Gasteiger partial charge in [-0.25, -0.2) is 4.98 Å². The molecule has 1 fully saturated rings. The molecule has 1 aliphatic rings. The minimum Gasteiger partial charge on any atom is -0.370 e. The molecular weight excluding hydrogens is 320 g/mol. The van der Waals surface area contributed by atoms with E-state index in [-0.39, 0.29) is 0 Å². The van der Waals surface area contributed by atoms with E-state index in [0.29, 0.717) is 0 Å². The molecule has 1 aromatic heterocycles. The summed E-state index contributed by atoms with van der Waals surface area (Å²) in [7, 11) is 0. The van der Waals surface area contributed by atoms with E-state index in [4.69, 9.17) is 9.97 Å². The lowest BCUT2D eigenvalue weighted by Crippen LogP contribution is -2.31. The highest BCUT2D eigenvalue weighted by molar-refractivity contribution is 5.90. The molecular formula is C22H28N4. The zero-order valence-electron chi connectivity index (χ0n) is 15.8. The number of anilines is 2. The SMILES string of the molecule is CCNc1nc(N2CCCCC2)nc2ccccc12.Cc1ccccc1. The van der Waals surface area contributed by atoms with Crippen molar-refractivity contribution in [1.82, 2.24) is 9.97 Å². The summed E-state index contributed by atoms with van der Waals surface area (Å²) < 4.78 is 0. The average Bonchev–Trinajstić information content (AvgIpc) is 2.70. The first-order chi connectivity index (χ1) is 12.8. The summed E-state index contributed by atoms with van der Waals surface area (Å²) in [6.45, 7) is 7.20. The van der Waals surface area contributed by atoms with Crippen molar-refractivity contribution in [3.05, 3.63) is 60.2 Å². The van der Waals surface area contributed by atoms with Crippen LogP contribution in [0.3, 0.4) is 0 Å². The lowest BCUT2D eigenvalue weighted by molar-refractivity contribution is 0.569. The van der Waals surface area contributed by atoms with Crippen LogP contribution >= 0.6 is 0 Å². The van der Waals surface area contributed by atoms with Crippen LogP contribution in [0.2, 0.25) is 0 Å². The summed E-state index contributed by atoms with van der Waals surface area (Å²) in [4.78, 5) is 11.7. The predicted molar refractivity (Wildman–Crippen MR) is 111 cm³/mol. The highest BCUT2D eigenvalue weighted by Crippen LogP contribution is 2.24. The Bertz CT molecular complexity index is 811. The van der Waals surface area contributed by atoms with Gasteiger partial charge in [0.15, 0.2) is 0 Å². The fraction of sp³-hybridized carbons (Fsp3) is 0.364. The first kappa shape index (κ1) is 18.2. The third-order valence-electron chi connectivity index (χ3n) is 4.52. The molecule has 1 aliphatic heterocycles. The van der Waals surface area contributed by atoms with Gasteiger partial charge in [-0.15, -0.1) is 0 Å². The second-order valence-corrected chi connectivity index (χ2v) is 6.62. The van der Waals surface area contributed by atoms with E-state index in [2.05, 4.69) is 48.3 Å². The minimum atomic E-state index is 0.870. The normalized spacial score (nSPS) is 13.8. The molecule has 0 spiro atoms. The molecule has 2 aromatic carbocycles. The van der Waals surface area contributed by atoms with Crippen molar-refractivity contribution in [3.63, 3.8) is 0 Å². The number of aryl methyl sites for hydroxylation is 1. The fourth-order valence-electron chi connectivity index (χ4n) is 3.14. The van der Waals surface area contributed by atoms with Gasteiger partial charge in [-0.1, -0.05) is 48.0 Å². The van der Waals surface area contributed by atoms with E-state index in [1.807, 2.05) is 30.3 Å². The molecule has 0 atom stereocenters. The third-order valence-corrected chi connectivity index (χ3v) is 4.52. The number of piperidine rings is 1. The lowest BCUT2D eigenvalue weighted by Gasteiger charge is -2.27. The molecule has 1 N–H and O–H groups in total. The topological polar surface area (TPSA) is 41.1 Å². The Morgan fingerprint density at radius 2 is 1.58 bits per heavy atom. The quantitative estimate of drug-likeness (QED) is 0.719. The molecule has 2 heterocycles. The van der Waals surface area contributed by atoms with Crippen LogP contribution in [-0.4, -0.2) is 29.6 Å². The van der Waals surface area contributed by atoms with Crippen LogP contribution < -0.4 is 10.2 Å². The van der Waals surface area contributed by atoms with Crippen molar-refractivity contribution < 1.29 is 0 Å². The van der Waals surface area contributed by atoms with Crippen molar-refractivity contribution in [3.8, 4) is 0 Å². The third kappa shape index (κ3) is 4.72. The molecule has 26 heavy (non-hydrogen) atoms. The molecule has 4 nitrogen and oxygen atoms in total. The number of nitrogens with zero attached hydrogens (tertiary/aromatic N) is 3. The van der Waals surface area contributed by atoms with Crippen LogP contribution in [-0.2, 0) is 0 Å². The summed E-state index contributed by atoms with van der Waals surface area (Å²) in [6, 6.07) is 18.5. The number of fused-ring (bicyclic) bond motifs is 1. The highest BCUT2D eigenvalue weighted by atomic mass is 15.3. The first-order valence-electron chi connectivity index (χ1n) is 9.55. The smallest absolute Gasteiger partial charge is 0.227 e. The molecule has 4 heteroatoms. The molecule has 136 valence electrons. The van der Waals surface area contributed by atoms with Gasteiger partial charge in [-0.2, -0.15) is 4.98 Å². The maximum Gasteiger partial charge on any atom is 0.227 e. The second-order valence-electron chi connectivity index (χ2n) is 6.62. The van der Waals surface area contributed by atoms with Crippen LogP contribution in [0.4, 0.5) is 11.8 Å². The van der Waals surface area contributed by atoms with E-state index in [0.717, 1.165) is 42.3 Å². The van der Waals surface area contributed by atoms with E-state index in [9.17, 15) is 0 Å². The highest BCUT2D eigenvalue weighted by Gasteiger charge is 2.15. The van der Waals surface area contributed by atoms with Crippen molar-refractivity contribution in [2.45, 2.75) is 33.1 Å². The van der Waals surface area contributed by atoms with Crippen LogP contribution in [0.25, 0.3) is 10.9 Å². The van der Waals surface area contributed by atoms with Crippen LogP contribution in [0.1, 0.15) is 31.7 Å². The Balaban J connectivity index is 0.000000236. The Hall–Kier alpha value is -2.62. The number of hydrogen-bond acceptors (Lipinski definition) is 4. The monoisotopic (exact) mass is 348 g/mol. The first-order valence-corrected chi connectivity index (χ1v) is 9.55. The Labute approximate surface area is 156 Å². The molecule has 4 rings (SSSR count). The second kappa shape index (κ2) is 9.18. The van der Waals surface area contributed by atoms with Crippen LogP contribution in [0.15, 0.2) is 54.6 Å². The molecule has 3 aromatic rings. The lowest BCUT2D eigenvalue weighted by atomic mass is 10.1. The van der Waals surface area contributed by atoms with Gasteiger partial charge in [0, 0.05) is 25.0 Å². The number of aromatic nitrogens is 2. The zero-order valence-corrected chi connectivity index (χ0v) is 15.8. The Morgan fingerprint density at radius 1 is 0.885 bits per heavy atom. The summed E-state index contributed by atoms with van der Waals surface area (Å²) in [6.07, 6.45) is 3.81. The summed E-state index contributed by atoms with van der Waals surface area (Å²) >= 11 is 0. The summed E-state index contributed by atoms with van der Waals surface area (Å²) in [5.41, 5.74) is 2.34. The number of nitrogens with one attached hydrogen (secondary N) is 1. The van der Waals surface area contributed by atoms with Gasteiger partial charge < -0.3 is 10.2 Å². The van der Waals surface area contributed by atoms with E-state index in [1.54, 1.807) is 0 Å². The van der Waals surface area contributed by atoms with Crippen molar-refractivity contribution >= 4 is 22.7 Å². The summed E-state index contributed by atoms with van der Waals surface area (Å²) in [5.74, 6) is 1.82. The number of para-hydroxylation sites is 1. The summed E-state index contributed by atoms with van der Waals surface area (Å²) in [5, 5.41) is 4.45. The minimum absolute atomic E-state index is 0.870. The molecule has 0 unspecified atom stereocenters.